The summed E-state index contributed by atoms with van der Waals surface area (Å²) in [5, 5.41) is 0. The van der Waals surface area contributed by atoms with Crippen molar-refractivity contribution < 1.29 is 4.79 Å². The largest absolute Gasteiger partial charge is 0.309 e. The van der Waals surface area contributed by atoms with E-state index < -0.39 is 0 Å². The van der Waals surface area contributed by atoms with E-state index in [9.17, 15) is 4.79 Å². The molecule has 2 aromatic rings. The van der Waals surface area contributed by atoms with Crippen LogP contribution in [0.4, 0.5) is 5.69 Å². The summed E-state index contributed by atoms with van der Waals surface area (Å²) in [7, 11) is 0. The summed E-state index contributed by atoms with van der Waals surface area (Å²) >= 11 is 3.43. The first-order valence-corrected chi connectivity index (χ1v) is 7.06. The highest BCUT2D eigenvalue weighted by Gasteiger charge is 2.17. The van der Waals surface area contributed by atoms with Crippen LogP contribution in [0.15, 0.2) is 53.0 Å². The van der Waals surface area contributed by atoms with E-state index in [0.29, 0.717) is 12.1 Å². The van der Waals surface area contributed by atoms with E-state index in [2.05, 4.69) is 15.9 Å². The maximum Gasteiger partial charge on any atom is 0.259 e. The first-order chi connectivity index (χ1) is 9.13. The molecule has 0 saturated heterocycles. The van der Waals surface area contributed by atoms with E-state index in [0.717, 1.165) is 15.7 Å². The zero-order valence-corrected chi connectivity index (χ0v) is 12.6. The molecule has 0 N–H and O–H groups in total. The molecule has 0 fully saturated rings. The lowest BCUT2D eigenvalue weighted by molar-refractivity contribution is 0.0987. The summed E-state index contributed by atoms with van der Waals surface area (Å²) in [6.07, 6.45) is 0. The minimum absolute atomic E-state index is 0.0144. The molecule has 0 heterocycles. The van der Waals surface area contributed by atoms with E-state index in [1.165, 1.54) is 0 Å². The SMILES string of the molecule is CCN(C(=O)c1ccccc1Br)c1cccc(C)c1. The van der Waals surface area contributed by atoms with Crippen LogP contribution >= 0.6 is 15.9 Å². The topological polar surface area (TPSA) is 20.3 Å². The molecule has 0 unspecified atom stereocenters. The van der Waals surface area contributed by atoms with Crippen LogP contribution < -0.4 is 4.90 Å². The summed E-state index contributed by atoms with van der Waals surface area (Å²) in [5.41, 5.74) is 2.77. The first kappa shape index (κ1) is 13.8. The Kier molecular flexibility index (Phi) is 4.38. The van der Waals surface area contributed by atoms with Gasteiger partial charge in [-0.05, 0) is 59.6 Å². The lowest BCUT2D eigenvalue weighted by atomic mass is 10.1. The normalized spacial score (nSPS) is 10.3. The minimum atomic E-state index is 0.0144. The maximum atomic E-state index is 12.6. The van der Waals surface area contributed by atoms with Crippen LogP contribution in [0.25, 0.3) is 0 Å². The molecule has 3 heteroatoms. The second kappa shape index (κ2) is 6.02. The molecule has 0 aliphatic heterocycles. The van der Waals surface area contributed by atoms with Gasteiger partial charge in [-0.1, -0.05) is 24.3 Å². The second-order valence-corrected chi connectivity index (χ2v) is 5.22. The number of carbonyl (C=O) groups excluding carboxylic acids is 1. The van der Waals surface area contributed by atoms with E-state index in [1.54, 1.807) is 4.90 Å². The van der Waals surface area contributed by atoms with Crippen LogP contribution in [0.5, 0.6) is 0 Å². The molecule has 0 radical (unpaired) electrons. The molecule has 0 bridgehead atoms. The number of anilines is 1. The van der Waals surface area contributed by atoms with Crippen molar-refractivity contribution in [2.45, 2.75) is 13.8 Å². The predicted molar refractivity (Wildman–Crippen MR) is 82.7 cm³/mol. The van der Waals surface area contributed by atoms with Crippen LogP contribution in [0.2, 0.25) is 0 Å². The molecule has 0 saturated carbocycles. The third-order valence-electron chi connectivity index (χ3n) is 2.98. The van der Waals surface area contributed by atoms with Crippen molar-refractivity contribution in [3.63, 3.8) is 0 Å². The summed E-state index contributed by atoms with van der Waals surface area (Å²) in [4.78, 5) is 14.4. The number of benzene rings is 2. The lowest BCUT2D eigenvalue weighted by Crippen LogP contribution is -2.30. The van der Waals surface area contributed by atoms with Gasteiger partial charge < -0.3 is 4.90 Å². The Morgan fingerprint density at radius 1 is 1.16 bits per heavy atom. The van der Waals surface area contributed by atoms with Crippen molar-refractivity contribution in [1.29, 1.82) is 0 Å². The Bertz CT molecular complexity index is 595. The Morgan fingerprint density at radius 2 is 1.89 bits per heavy atom. The molecule has 1 amide bonds. The zero-order valence-electron chi connectivity index (χ0n) is 11.1. The standard InChI is InChI=1S/C16H16BrNO/c1-3-18(13-8-6-7-12(2)11-13)16(19)14-9-4-5-10-15(14)17/h4-11H,3H2,1-2H3. The van der Waals surface area contributed by atoms with Gasteiger partial charge in [0.25, 0.3) is 5.91 Å². The van der Waals surface area contributed by atoms with Gasteiger partial charge in [-0.25, -0.2) is 0 Å². The van der Waals surface area contributed by atoms with Gasteiger partial charge in [0.2, 0.25) is 0 Å². The zero-order chi connectivity index (χ0) is 13.8. The van der Waals surface area contributed by atoms with E-state index in [1.807, 2.05) is 62.4 Å². The highest BCUT2D eigenvalue weighted by atomic mass is 79.9. The molecule has 0 spiro atoms. The first-order valence-electron chi connectivity index (χ1n) is 6.26. The summed E-state index contributed by atoms with van der Waals surface area (Å²) in [6.45, 7) is 4.65. The highest BCUT2D eigenvalue weighted by molar-refractivity contribution is 9.10. The van der Waals surface area contributed by atoms with Gasteiger partial charge in [-0.3, -0.25) is 4.79 Å². The van der Waals surface area contributed by atoms with E-state index in [4.69, 9.17) is 0 Å². The van der Waals surface area contributed by atoms with Gasteiger partial charge in [0, 0.05) is 16.7 Å². The monoisotopic (exact) mass is 317 g/mol. The molecule has 0 atom stereocenters. The molecule has 0 aliphatic rings. The molecule has 19 heavy (non-hydrogen) atoms. The average Bonchev–Trinajstić information content (AvgIpc) is 2.40. The fraction of sp³-hybridized carbons (Fsp3) is 0.188. The number of hydrogen-bond donors (Lipinski definition) is 0. The summed E-state index contributed by atoms with van der Waals surface area (Å²) in [6, 6.07) is 15.5. The molecule has 2 nitrogen and oxygen atoms in total. The highest BCUT2D eigenvalue weighted by Crippen LogP contribution is 2.22. The fourth-order valence-corrected chi connectivity index (χ4v) is 2.47. The quantitative estimate of drug-likeness (QED) is 0.820. The third kappa shape index (κ3) is 3.04. The van der Waals surface area contributed by atoms with Crippen molar-refractivity contribution in [2.75, 3.05) is 11.4 Å². The van der Waals surface area contributed by atoms with E-state index in [-0.39, 0.29) is 5.91 Å². The van der Waals surface area contributed by atoms with Crippen LogP contribution in [-0.4, -0.2) is 12.5 Å². The van der Waals surface area contributed by atoms with Crippen molar-refractivity contribution in [3.05, 3.63) is 64.1 Å². The average molecular weight is 318 g/mol. The Morgan fingerprint density at radius 3 is 2.53 bits per heavy atom. The van der Waals surface area contributed by atoms with Gasteiger partial charge in [0.15, 0.2) is 0 Å². The third-order valence-corrected chi connectivity index (χ3v) is 3.67. The molecule has 98 valence electrons. The molecule has 2 rings (SSSR count). The van der Waals surface area contributed by atoms with Gasteiger partial charge in [-0.15, -0.1) is 0 Å². The molecular formula is C16H16BrNO. The van der Waals surface area contributed by atoms with Gasteiger partial charge in [0.1, 0.15) is 0 Å². The molecule has 0 aromatic heterocycles. The maximum absolute atomic E-state index is 12.6. The summed E-state index contributed by atoms with van der Waals surface area (Å²) in [5.74, 6) is 0.0144. The van der Waals surface area contributed by atoms with Crippen LogP contribution in [-0.2, 0) is 0 Å². The number of aryl methyl sites for hydroxylation is 1. The van der Waals surface area contributed by atoms with Crippen LogP contribution in [0.3, 0.4) is 0 Å². The van der Waals surface area contributed by atoms with Crippen molar-refractivity contribution in [3.8, 4) is 0 Å². The van der Waals surface area contributed by atoms with Crippen LogP contribution in [0, 0.1) is 6.92 Å². The van der Waals surface area contributed by atoms with Gasteiger partial charge in [0.05, 0.1) is 5.56 Å². The molecule has 0 aliphatic carbocycles. The second-order valence-electron chi connectivity index (χ2n) is 4.37. The number of halogens is 1. The minimum Gasteiger partial charge on any atom is -0.309 e. The molecule has 2 aromatic carbocycles. The predicted octanol–water partition coefficient (Wildman–Crippen LogP) is 4.42. The van der Waals surface area contributed by atoms with Crippen molar-refractivity contribution in [1.82, 2.24) is 0 Å². The Balaban J connectivity index is 2.38. The summed E-state index contributed by atoms with van der Waals surface area (Å²) < 4.78 is 0.825. The van der Waals surface area contributed by atoms with Gasteiger partial charge >= 0.3 is 0 Å². The molecular weight excluding hydrogens is 302 g/mol. The van der Waals surface area contributed by atoms with Crippen molar-refractivity contribution >= 4 is 27.5 Å². The number of rotatable bonds is 3. The lowest BCUT2D eigenvalue weighted by Gasteiger charge is -2.22. The number of carbonyl (C=O) groups is 1. The number of hydrogen-bond acceptors (Lipinski definition) is 1. The van der Waals surface area contributed by atoms with Crippen LogP contribution in [0.1, 0.15) is 22.8 Å². The number of amides is 1. The Labute approximate surface area is 122 Å². The fourth-order valence-electron chi connectivity index (χ4n) is 2.02. The van der Waals surface area contributed by atoms with Gasteiger partial charge in [-0.2, -0.15) is 0 Å². The number of nitrogens with zero attached hydrogens (tertiary/aromatic N) is 1. The Hall–Kier alpha value is -1.61. The van der Waals surface area contributed by atoms with Crippen molar-refractivity contribution in [2.24, 2.45) is 0 Å². The van der Waals surface area contributed by atoms with E-state index >= 15 is 0 Å². The smallest absolute Gasteiger partial charge is 0.259 e.